The van der Waals surface area contributed by atoms with Crippen molar-refractivity contribution in [2.24, 2.45) is 5.10 Å². The Labute approximate surface area is 105 Å². The molecule has 0 radical (unpaired) electrons. The third-order valence-corrected chi connectivity index (χ3v) is 2.58. The van der Waals surface area contributed by atoms with Crippen LogP contribution < -0.4 is 10.7 Å². The Morgan fingerprint density at radius 3 is 3.00 bits per heavy atom. The van der Waals surface area contributed by atoms with Gasteiger partial charge < -0.3 is 5.32 Å². The largest absolute Gasteiger partial charge is 0.364 e. The SMILES string of the molecule is CNC(=S)NN=Cc1nccc2ccccc12. The normalized spacial score (nSPS) is 10.6. The van der Waals surface area contributed by atoms with Gasteiger partial charge >= 0.3 is 0 Å². The van der Waals surface area contributed by atoms with Crippen molar-refractivity contribution in [3.63, 3.8) is 0 Å². The van der Waals surface area contributed by atoms with Crippen LogP contribution in [0.5, 0.6) is 0 Å². The number of rotatable bonds is 2. The zero-order valence-electron chi connectivity index (χ0n) is 9.34. The lowest BCUT2D eigenvalue weighted by atomic mass is 10.1. The van der Waals surface area contributed by atoms with E-state index in [9.17, 15) is 0 Å². The van der Waals surface area contributed by atoms with Gasteiger partial charge in [0.2, 0.25) is 0 Å². The lowest BCUT2D eigenvalue weighted by molar-refractivity contribution is 0.981. The fourth-order valence-electron chi connectivity index (χ4n) is 1.45. The van der Waals surface area contributed by atoms with Gasteiger partial charge in [0, 0.05) is 18.6 Å². The first kappa shape index (κ1) is 11.5. The van der Waals surface area contributed by atoms with Crippen LogP contribution in [0.3, 0.4) is 0 Å². The summed E-state index contributed by atoms with van der Waals surface area (Å²) in [5.74, 6) is 0. The molecule has 1 heterocycles. The van der Waals surface area contributed by atoms with Crippen LogP contribution in [-0.2, 0) is 0 Å². The van der Waals surface area contributed by atoms with Gasteiger partial charge in [0.25, 0.3) is 0 Å². The van der Waals surface area contributed by atoms with Crippen molar-refractivity contribution in [3.05, 3.63) is 42.2 Å². The molecule has 2 rings (SSSR count). The van der Waals surface area contributed by atoms with Crippen LogP contribution in [0, 0.1) is 0 Å². The molecule has 0 fully saturated rings. The smallest absolute Gasteiger partial charge is 0.186 e. The van der Waals surface area contributed by atoms with Gasteiger partial charge in [-0.2, -0.15) is 5.10 Å². The number of hydrogen-bond acceptors (Lipinski definition) is 3. The molecule has 17 heavy (non-hydrogen) atoms. The summed E-state index contributed by atoms with van der Waals surface area (Å²) in [6, 6.07) is 10.0. The molecule has 0 aliphatic heterocycles. The van der Waals surface area contributed by atoms with Crippen LogP contribution >= 0.6 is 12.2 Å². The number of aromatic nitrogens is 1. The summed E-state index contributed by atoms with van der Waals surface area (Å²) in [4.78, 5) is 4.28. The summed E-state index contributed by atoms with van der Waals surface area (Å²) in [5.41, 5.74) is 3.51. The first-order valence-electron chi connectivity index (χ1n) is 5.16. The molecule has 0 bridgehead atoms. The van der Waals surface area contributed by atoms with Crippen LogP contribution in [0.15, 0.2) is 41.6 Å². The van der Waals surface area contributed by atoms with E-state index in [1.54, 1.807) is 19.5 Å². The van der Waals surface area contributed by atoms with Crippen LogP contribution in [0.25, 0.3) is 10.8 Å². The second-order valence-corrected chi connectivity index (χ2v) is 3.77. The van der Waals surface area contributed by atoms with Crippen molar-refractivity contribution in [2.45, 2.75) is 0 Å². The van der Waals surface area contributed by atoms with Crippen molar-refractivity contribution in [2.75, 3.05) is 7.05 Å². The van der Waals surface area contributed by atoms with E-state index in [1.165, 1.54) is 0 Å². The highest BCUT2D eigenvalue weighted by atomic mass is 32.1. The van der Waals surface area contributed by atoms with Crippen molar-refractivity contribution >= 4 is 34.3 Å². The van der Waals surface area contributed by atoms with E-state index < -0.39 is 0 Å². The number of benzene rings is 1. The Morgan fingerprint density at radius 1 is 1.35 bits per heavy atom. The number of nitrogens with zero attached hydrogens (tertiary/aromatic N) is 2. The maximum atomic E-state index is 4.91. The van der Waals surface area contributed by atoms with E-state index in [4.69, 9.17) is 12.2 Å². The molecule has 0 unspecified atom stereocenters. The number of pyridine rings is 1. The molecule has 5 heteroatoms. The average Bonchev–Trinajstić information content (AvgIpc) is 2.39. The van der Waals surface area contributed by atoms with Gasteiger partial charge in [-0.1, -0.05) is 24.3 Å². The molecule has 0 saturated carbocycles. The molecule has 0 amide bonds. The third kappa shape index (κ3) is 2.76. The topological polar surface area (TPSA) is 49.3 Å². The van der Waals surface area contributed by atoms with E-state index >= 15 is 0 Å². The van der Waals surface area contributed by atoms with Gasteiger partial charge in [-0.05, 0) is 23.7 Å². The molecule has 0 aliphatic carbocycles. The molecule has 2 aromatic rings. The minimum atomic E-state index is 0.474. The Bertz CT molecular complexity index is 560. The summed E-state index contributed by atoms with van der Waals surface area (Å²) < 4.78 is 0. The van der Waals surface area contributed by atoms with Gasteiger partial charge in [-0.15, -0.1) is 0 Å². The first-order chi connectivity index (χ1) is 8.31. The highest BCUT2D eigenvalue weighted by Crippen LogP contribution is 2.14. The third-order valence-electron chi connectivity index (χ3n) is 2.28. The zero-order valence-corrected chi connectivity index (χ0v) is 10.2. The number of thiocarbonyl (C=S) groups is 1. The second kappa shape index (κ2) is 5.36. The molecular weight excluding hydrogens is 232 g/mol. The molecule has 2 N–H and O–H groups in total. The molecule has 0 aliphatic rings. The molecule has 0 saturated heterocycles. The van der Waals surface area contributed by atoms with Crippen molar-refractivity contribution < 1.29 is 0 Å². The fraction of sp³-hybridized carbons (Fsp3) is 0.0833. The number of nitrogens with one attached hydrogen (secondary N) is 2. The van der Waals surface area contributed by atoms with Crippen molar-refractivity contribution in [3.8, 4) is 0 Å². The monoisotopic (exact) mass is 244 g/mol. The quantitative estimate of drug-likeness (QED) is 0.479. The highest BCUT2D eigenvalue weighted by Gasteiger charge is 1.98. The van der Waals surface area contributed by atoms with E-state index in [1.807, 2.05) is 30.3 Å². The number of fused-ring (bicyclic) bond motifs is 1. The Kier molecular flexibility index (Phi) is 3.62. The Morgan fingerprint density at radius 2 is 2.18 bits per heavy atom. The zero-order chi connectivity index (χ0) is 12.1. The van der Waals surface area contributed by atoms with E-state index in [0.717, 1.165) is 16.5 Å². The van der Waals surface area contributed by atoms with Crippen molar-refractivity contribution in [1.29, 1.82) is 0 Å². The molecule has 4 nitrogen and oxygen atoms in total. The van der Waals surface area contributed by atoms with E-state index in [0.29, 0.717) is 5.11 Å². The predicted molar refractivity (Wildman–Crippen MR) is 74.1 cm³/mol. The Hall–Kier alpha value is -2.01. The van der Waals surface area contributed by atoms with Gasteiger partial charge in [0.1, 0.15) is 0 Å². The number of hydrogen-bond donors (Lipinski definition) is 2. The standard InChI is InChI=1S/C12H12N4S/c1-13-12(17)16-15-8-11-10-5-3-2-4-9(10)6-7-14-11/h2-8H,1H3,(H2,13,16,17). The lowest BCUT2D eigenvalue weighted by Crippen LogP contribution is -2.28. The molecule has 86 valence electrons. The minimum absolute atomic E-state index is 0.474. The van der Waals surface area contributed by atoms with Gasteiger partial charge in [-0.25, -0.2) is 0 Å². The summed E-state index contributed by atoms with van der Waals surface area (Å²) in [6.07, 6.45) is 3.42. The molecule has 1 aromatic heterocycles. The van der Waals surface area contributed by atoms with Crippen LogP contribution in [0.2, 0.25) is 0 Å². The summed E-state index contributed by atoms with van der Waals surface area (Å²) in [7, 11) is 1.74. The van der Waals surface area contributed by atoms with Crippen LogP contribution in [-0.4, -0.2) is 23.4 Å². The van der Waals surface area contributed by atoms with E-state index in [2.05, 4.69) is 20.8 Å². The van der Waals surface area contributed by atoms with Gasteiger partial charge in [0.15, 0.2) is 5.11 Å². The van der Waals surface area contributed by atoms with Crippen molar-refractivity contribution in [1.82, 2.24) is 15.7 Å². The number of hydrazone groups is 1. The van der Waals surface area contributed by atoms with Gasteiger partial charge in [0.05, 0.1) is 11.9 Å². The lowest BCUT2D eigenvalue weighted by Gasteiger charge is -2.01. The molecule has 1 aromatic carbocycles. The summed E-state index contributed by atoms with van der Waals surface area (Å²) in [6.45, 7) is 0. The predicted octanol–water partition coefficient (Wildman–Crippen LogP) is 1.66. The summed E-state index contributed by atoms with van der Waals surface area (Å²) in [5, 5.41) is 9.47. The molecule has 0 spiro atoms. The second-order valence-electron chi connectivity index (χ2n) is 3.37. The average molecular weight is 244 g/mol. The summed E-state index contributed by atoms with van der Waals surface area (Å²) >= 11 is 4.91. The van der Waals surface area contributed by atoms with Crippen LogP contribution in [0.1, 0.15) is 5.69 Å². The highest BCUT2D eigenvalue weighted by molar-refractivity contribution is 7.80. The van der Waals surface area contributed by atoms with E-state index in [-0.39, 0.29) is 0 Å². The maximum Gasteiger partial charge on any atom is 0.186 e. The molecular formula is C12H12N4S. The van der Waals surface area contributed by atoms with Crippen LogP contribution in [0.4, 0.5) is 0 Å². The molecule has 0 atom stereocenters. The Balaban J connectivity index is 2.27. The maximum absolute atomic E-state index is 4.91. The van der Waals surface area contributed by atoms with Gasteiger partial charge in [-0.3, -0.25) is 10.4 Å². The minimum Gasteiger partial charge on any atom is -0.364 e. The fourth-order valence-corrected chi connectivity index (χ4v) is 1.51. The first-order valence-corrected chi connectivity index (χ1v) is 5.56.